The fourth-order valence-corrected chi connectivity index (χ4v) is 4.65. The number of likely N-dealkylation sites (N-methyl/N-ethyl adjacent to an activating group) is 1. The number of hydrogen-bond donors (Lipinski definition) is 10. The SMILES string of the molecule is C=O.C=O.C=O.C=O.C=O.C=O.C=O.C=O.C=O.CC.CC(=O)N(C)[C@@H](Cc1ccccc1)C(=O)N[C@@H](C)C(=O)N1CCCCC1.CC(C)=O.CC(C)C.CCC(C)C.CCc1ccccc1.CCc1ccccc1.CN.CN.CN.CN.CN.N.N.N.N. The molecule has 1 aliphatic heterocycles. The van der Waals surface area contributed by atoms with Crippen molar-refractivity contribution in [2.75, 3.05) is 55.4 Å². The lowest BCUT2D eigenvalue weighted by atomic mass is 10.0. The van der Waals surface area contributed by atoms with Crippen molar-refractivity contribution in [1.29, 1.82) is 0 Å². The molecule has 4 rings (SSSR count). The number of carbonyl (C=O) groups excluding carboxylic acids is 13. The molecular weight excluding hydrogens is 1140 g/mol. The van der Waals surface area contributed by atoms with E-state index in [9.17, 15) is 19.2 Å². The Hall–Kier alpha value is -7.59. The molecule has 25 nitrogen and oxygen atoms in total. The molecule has 3 amide bonds. The van der Waals surface area contributed by atoms with Gasteiger partial charge in [0, 0.05) is 33.5 Å². The lowest BCUT2D eigenvalue weighted by molar-refractivity contribution is -0.140. The number of Topliss-reactive ketones (excluding diaryl/α,β-unsaturated/α-hetero) is 1. The molecule has 0 aliphatic carbocycles. The predicted octanol–water partition coefficient (Wildman–Crippen LogP) is 8.29. The minimum atomic E-state index is -0.647. The van der Waals surface area contributed by atoms with Gasteiger partial charge in [-0.2, -0.15) is 0 Å². The first-order valence-corrected chi connectivity index (χ1v) is 26.9. The highest BCUT2D eigenvalue weighted by molar-refractivity contribution is 5.91. The van der Waals surface area contributed by atoms with Gasteiger partial charge in [0.1, 0.15) is 79.0 Å². The van der Waals surface area contributed by atoms with Crippen LogP contribution in [0.5, 0.6) is 0 Å². The van der Waals surface area contributed by atoms with Crippen molar-refractivity contribution in [3.63, 3.8) is 0 Å². The number of benzene rings is 3. The standard InChI is InChI=1S/C20H29N3O3.2C8H10.C5H12.C4H10.C3H6O.C2H6.5CH5N.9CH2O.4H3N/c1-15(20(26)23-12-8-5-9-13-23)21-19(25)18(22(3)16(2)24)14-17-10-6-4-7-11-17;2*1-2-8-6-4-3-5-7-8;1-4-5(2)3;1-4(2)3;1-3(2)4;15*1-2;;;;/h4,6-7,10-11,15,18H,5,8-9,12-14H2,1-3H3,(H,21,25);2*3-7H,2H2,1H3;5H,4H2,1-3H3;4H,1-3H3;1-2H3;1-2H3;5*2H2,1H3;9*1H2;4*1H3/t15-,18-;;;;;;;;;;;;;;;;;;;;;;;;/m0......................../s1. The number of amides is 3. The maximum Gasteiger partial charge on any atom is 0.244 e. The zero-order chi connectivity index (χ0) is 72.2. The summed E-state index contributed by atoms with van der Waals surface area (Å²) < 4.78 is 0. The van der Waals surface area contributed by atoms with Gasteiger partial charge in [-0.3, -0.25) is 14.4 Å². The molecule has 1 fully saturated rings. The number of hydrogen-bond acceptors (Lipinski definition) is 22. The van der Waals surface area contributed by atoms with Crippen molar-refractivity contribution in [2.24, 2.45) is 40.5 Å². The van der Waals surface area contributed by atoms with Gasteiger partial charge in [0.05, 0.1) is 0 Å². The quantitative estimate of drug-likeness (QED) is 0.0962. The van der Waals surface area contributed by atoms with E-state index in [1.165, 1.54) is 78.5 Å². The van der Waals surface area contributed by atoms with E-state index in [4.69, 9.17) is 43.2 Å². The maximum absolute atomic E-state index is 12.8. The topological polar surface area (TPSA) is 511 Å². The second kappa shape index (κ2) is 159. The molecule has 0 radical (unpaired) electrons. The second-order valence-electron chi connectivity index (χ2n) is 15.1. The van der Waals surface area contributed by atoms with Crippen LogP contribution in [0.25, 0.3) is 0 Å². The molecule has 0 spiro atoms. The smallest absolute Gasteiger partial charge is 0.244 e. The fraction of sp³-hybridized carbons (Fsp3) is 0.516. The van der Waals surface area contributed by atoms with Crippen LogP contribution in [-0.2, 0) is 81.6 Å². The second-order valence-corrected chi connectivity index (χ2v) is 15.1. The van der Waals surface area contributed by atoms with Crippen LogP contribution in [0.1, 0.15) is 139 Å². The van der Waals surface area contributed by atoms with Crippen LogP contribution in [0.2, 0.25) is 0 Å². The summed E-state index contributed by atoms with van der Waals surface area (Å²) in [6, 6.07) is 29.2. The summed E-state index contributed by atoms with van der Waals surface area (Å²) >= 11 is 0. The Balaban J connectivity index is -0.0000000328. The summed E-state index contributed by atoms with van der Waals surface area (Å²) in [7, 11) is 9.12. The van der Waals surface area contributed by atoms with Gasteiger partial charge in [0.2, 0.25) is 17.7 Å². The van der Waals surface area contributed by atoms with Gasteiger partial charge < -0.3 is 116 Å². The van der Waals surface area contributed by atoms with E-state index in [0.29, 0.717) is 6.42 Å². The van der Waals surface area contributed by atoms with E-state index in [-0.39, 0.29) is 48.1 Å². The number of piperidine rings is 1. The molecule has 0 aromatic heterocycles. The lowest BCUT2D eigenvalue weighted by Gasteiger charge is -2.31. The third-order valence-corrected chi connectivity index (χ3v) is 8.25. The molecule has 0 saturated carbocycles. The van der Waals surface area contributed by atoms with Crippen molar-refractivity contribution in [3.8, 4) is 0 Å². The Bertz CT molecular complexity index is 1530. The highest BCUT2D eigenvalue weighted by Gasteiger charge is 2.29. The molecule has 2 atom stereocenters. The number of nitrogens with zero attached hydrogens (tertiary/aromatic N) is 2. The van der Waals surface area contributed by atoms with E-state index in [1.54, 1.807) is 14.0 Å². The molecule has 0 unspecified atom stereocenters. The largest absolute Gasteiger partial charge is 0.344 e. The van der Waals surface area contributed by atoms with Gasteiger partial charge in [0.15, 0.2) is 0 Å². The van der Waals surface area contributed by atoms with Crippen LogP contribution >= 0.6 is 0 Å². The molecule has 532 valence electrons. The van der Waals surface area contributed by atoms with E-state index in [0.717, 1.165) is 62.6 Å². The predicted molar refractivity (Wildman–Crippen MR) is 380 cm³/mol. The zero-order valence-electron chi connectivity index (χ0n) is 59.6. The van der Waals surface area contributed by atoms with Gasteiger partial charge in [-0.15, -0.1) is 0 Å². The van der Waals surface area contributed by atoms with Crippen LogP contribution in [0.3, 0.4) is 0 Å². The number of aryl methyl sites for hydroxylation is 2. The Morgan fingerprint density at radius 2 is 0.674 bits per heavy atom. The third kappa shape index (κ3) is 145. The molecule has 1 saturated heterocycles. The van der Waals surface area contributed by atoms with Gasteiger partial charge in [-0.05, 0) is 117 Å². The summed E-state index contributed by atoms with van der Waals surface area (Å²) in [5.41, 5.74) is 26.3. The van der Waals surface area contributed by atoms with Crippen LogP contribution < -0.4 is 58.6 Å². The van der Waals surface area contributed by atoms with Crippen LogP contribution in [0.4, 0.5) is 0 Å². The highest BCUT2D eigenvalue weighted by atomic mass is 16.2. The Labute approximate surface area is 542 Å². The number of ketones is 1. The molecular formula is C64H138N12O13. The monoisotopic (exact) mass is 1280 g/mol. The average molecular weight is 1280 g/mol. The summed E-state index contributed by atoms with van der Waals surface area (Å²) in [4.78, 5) is 122. The Kier molecular flexibility index (Phi) is 258. The van der Waals surface area contributed by atoms with Gasteiger partial charge in [-0.1, -0.05) is 167 Å². The third-order valence-electron chi connectivity index (χ3n) is 8.25. The van der Waals surface area contributed by atoms with E-state index < -0.39 is 12.1 Å². The molecule has 89 heavy (non-hydrogen) atoms. The van der Waals surface area contributed by atoms with E-state index in [1.807, 2.05) is 122 Å². The summed E-state index contributed by atoms with van der Waals surface area (Å²) in [5.74, 6) is 1.34. The first-order valence-electron chi connectivity index (χ1n) is 26.9. The molecule has 25 heteroatoms. The normalized spacial score (nSPS) is 8.51. The molecule has 23 N–H and O–H groups in total. The van der Waals surface area contributed by atoms with Crippen molar-refractivity contribution in [2.45, 2.75) is 154 Å². The van der Waals surface area contributed by atoms with Crippen molar-refractivity contribution < 1.29 is 62.3 Å². The minimum Gasteiger partial charge on any atom is -0.344 e. The molecule has 3 aromatic rings. The molecule has 0 bridgehead atoms. The first-order chi connectivity index (χ1) is 41.0. The number of nitrogens with one attached hydrogen (secondary N) is 1. The summed E-state index contributed by atoms with van der Waals surface area (Å²) in [6.45, 7) is 47.2. The van der Waals surface area contributed by atoms with Crippen LogP contribution in [0.15, 0.2) is 91.0 Å². The highest BCUT2D eigenvalue weighted by Crippen LogP contribution is 2.12. The number of rotatable bonds is 9. The van der Waals surface area contributed by atoms with Gasteiger partial charge in [-0.25, -0.2) is 0 Å². The van der Waals surface area contributed by atoms with Crippen molar-refractivity contribution in [3.05, 3.63) is 108 Å². The Morgan fingerprint density at radius 3 is 0.854 bits per heavy atom. The van der Waals surface area contributed by atoms with Gasteiger partial charge >= 0.3 is 0 Å². The summed E-state index contributed by atoms with van der Waals surface area (Å²) in [5, 5.41) is 2.81. The van der Waals surface area contributed by atoms with Crippen molar-refractivity contribution >= 4 is 84.6 Å². The first kappa shape index (κ1) is 144. The van der Waals surface area contributed by atoms with Crippen LogP contribution in [0, 0.1) is 11.8 Å². The average Bonchev–Trinajstić information content (AvgIpc) is 3.59. The number of carbonyl (C=O) groups is 13. The molecule has 3 aromatic carbocycles. The van der Waals surface area contributed by atoms with E-state index >= 15 is 0 Å². The Morgan fingerprint density at radius 1 is 0.461 bits per heavy atom. The molecule has 1 aliphatic rings. The number of nitrogens with two attached hydrogens (primary N) is 5. The lowest BCUT2D eigenvalue weighted by Crippen LogP contribution is -2.54. The van der Waals surface area contributed by atoms with Gasteiger partial charge in [0.25, 0.3) is 0 Å². The zero-order valence-corrected chi connectivity index (χ0v) is 59.6. The molecule has 1 heterocycles. The van der Waals surface area contributed by atoms with Crippen LogP contribution in [-0.4, -0.2) is 162 Å². The fourth-order valence-electron chi connectivity index (χ4n) is 4.65. The minimum absolute atomic E-state index is 0. The number of likely N-dealkylation sites (tertiary alicyclic amines) is 1. The summed E-state index contributed by atoms with van der Waals surface area (Å²) in [6.07, 6.45) is 7.16. The van der Waals surface area contributed by atoms with E-state index in [2.05, 4.69) is 138 Å². The van der Waals surface area contributed by atoms with Crippen molar-refractivity contribution in [1.82, 2.24) is 39.7 Å². The maximum atomic E-state index is 12.8.